The fourth-order valence-electron chi connectivity index (χ4n) is 0.701. The Kier molecular flexibility index (Phi) is 6.13. The van der Waals surface area contributed by atoms with Crippen molar-refractivity contribution >= 4 is 15.9 Å². The molecular weight excluding hydrogens is 277 g/mol. The first-order valence-corrected chi connectivity index (χ1v) is 5.44. The molecule has 0 N–H and O–H groups in total. The van der Waals surface area contributed by atoms with E-state index in [1.165, 1.54) is 0 Å². The molecule has 0 fully saturated rings. The van der Waals surface area contributed by atoms with Crippen LogP contribution in [0.25, 0.3) is 0 Å². The van der Waals surface area contributed by atoms with Crippen molar-refractivity contribution in [2.75, 3.05) is 20.3 Å². The van der Waals surface area contributed by atoms with Gasteiger partial charge in [-0.15, -0.1) is 0 Å². The van der Waals surface area contributed by atoms with Gasteiger partial charge in [0.1, 0.15) is 4.83 Å². The van der Waals surface area contributed by atoms with E-state index in [0.29, 0.717) is 6.42 Å². The van der Waals surface area contributed by atoms with Crippen molar-refractivity contribution in [3.05, 3.63) is 0 Å². The van der Waals surface area contributed by atoms with Gasteiger partial charge in [0.15, 0.2) is 0 Å². The third-order valence-corrected chi connectivity index (χ3v) is 2.80. The molecule has 0 aliphatic rings. The zero-order chi connectivity index (χ0) is 12.1. The van der Waals surface area contributed by atoms with Crippen LogP contribution in [-0.2, 0) is 9.47 Å². The smallest absolute Gasteiger partial charge is 0.380 e. The molecule has 0 bridgehead atoms. The van der Waals surface area contributed by atoms with Crippen molar-refractivity contribution in [1.29, 1.82) is 0 Å². The molecule has 0 saturated carbocycles. The van der Waals surface area contributed by atoms with Gasteiger partial charge in [-0.25, -0.2) is 0 Å². The molecule has 0 rings (SSSR count). The van der Waals surface area contributed by atoms with Gasteiger partial charge in [0, 0.05) is 13.7 Å². The monoisotopic (exact) mass is 292 g/mol. The molecule has 0 radical (unpaired) electrons. The quantitative estimate of drug-likeness (QED) is 0.553. The fraction of sp³-hybridized carbons (Fsp3) is 1.00. The van der Waals surface area contributed by atoms with Crippen molar-refractivity contribution in [3.8, 4) is 0 Å². The van der Waals surface area contributed by atoms with Crippen LogP contribution in [-0.4, -0.2) is 36.9 Å². The molecule has 0 spiro atoms. The summed E-state index contributed by atoms with van der Waals surface area (Å²) in [7, 11) is 1.56. The van der Waals surface area contributed by atoms with Gasteiger partial charge in [-0.3, -0.25) is 0 Å². The van der Waals surface area contributed by atoms with Gasteiger partial charge < -0.3 is 9.47 Å². The average molecular weight is 293 g/mol. The van der Waals surface area contributed by atoms with Gasteiger partial charge in [0.2, 0.25) is 0 Å². The number of methoxy groups -OCH3 is 1. The van der Waals surface area contributed by atoms with Crippen molar-refractivity contribution < 1.29 is 22.6 Å². The van der Waals surface area contributed by atoms with Crippen LogP contribution in [0, 0.1) is 0 Å². The lowest BCUT2D eigenvalue weighted by atomic mass is 10.1. The summed E-state index contributed by atoms with van der Waals surface area (Å²) >= 11 is 2.51. The van der Waals surface area contributed by atoms with E-state index in [1.807, 2.05) is 13.8 Å². The number of rotatable bonds is 6. The molecule has 0 aliphatic carbocycles. The van der Waals surface area contributed by atoms with Crippen molar-refractivity contribution in [1.82, 2.24) is 0 Å². The molecule has 0 aromatic carbocycles. The highest BCUT2D eigenvalue weighted by Gasteiger charge is 2.37. The molecule has 0 saturated heterocycles. The maximum Gasteiger partial charge on any atom is 0.403 e. The third kappa shape index (κ3) is 7.14. The number of hydrogen-bond acceptors (Lipinski definition) is 2. The second-order valence-corrected chi connectivity index (χ2v) is 4.90. The predicted octanol–water partition coefficient (Wildman–Crippen LogP) is 3.14. The molecule has 0 aliphatic heterocycles. The van der Waals surface area contributed by atoms with E-state index in [2.05, 4.69) is 15.9 Å². The van der Waals surface area contributed by atoms with Gasteiger partial charge in [-0.2, -0.15) is 13.2 Å². The highest BCUT2D eigenvalue weighted by molar-refractivity contribution is 9.09. The van der Waals surface area contributed by atoms with Crippen LogP contribution in [0.1, 0.15) is 20.3 Å². The maximum absolute atomic E-state index is 12.0. The normalized spacial score (nSPS) is 15.4. The first kappa shape index (κ1) is 15.2. The molecule has 92 valence electrons. The van der Waals surface area contributed by atoms with Crippen LogP contribution in [0.4, 0.5) is 13.2 Å². The molecule has 2 nitrogen and oxygen atoms in total. The third-order valence-electron chi connectivity index (χ3n) is 2.02. The van der Waals surface area contributed by atoms with Crippen molar-refractivity contribution in [3.63, 3.8) is 0 Å². The zero-order valence-corrected chi connectivity index (χ0v) is 10.6. The Bertz CT molecular complexity index is 183. The lowest BCUT2D eigenvalue weighted by molar-refractivity contribution is -0.138. The van der Waals surface area contributed by atoms with E-state index < -0.39 is 11.0 Å². The molecule has 0 aromatic heterocycles. The summed E-state index contributed by atoms with van der Waals surface area (Å²) in [6.45, 7) is 3.58. The topological polar surface area (TPSA) is 18.5 Å². The number of ether oxygens (including phenoxy) is 2. The molecule has 1 unspecified atom stereocenters. The summed E-state index contributed by atoms with van der Waals surface area (Å²) < 4.78 is 46.1. The minimum absolute atomic E-state index is 0.249. The Morgan fingerprint density at radius 1 is 1.27 bits per heavy atom. The molecule has 6 heteroatoms. The van der Waals surface area contributed by atoms with E-state index in [-0.39, 0.29) is 18.8 Å². The summed E-state index contributed by atoms with van der Waals surface area (Å²) in [5.74, 6) is 0. The summed E-state index contributed by atoms with van der Waals surface area (Å²) in [6, 6.07) is 0. The van der Waals surface area contributed by atoms with Crippen LogP contribution in [0.2, 0.25) is 0 Å². The Morgan fingerprint density at radius 3 is 2.20 bits per heavy atom. The fourth-order valence-corrected chi connectivity index (χ4v) is 0.888. The number of alkyl halides is 4. The maximum atomic E-state index is 12.0. The Labute approximate surface area is 96.3 Å². The Balaban J connectivity index is 3.64. The van der Waals surface area contributed by atoms with E-state index in [1.54, 1.807) is 7.11 Å². The summed E-state index contributed by atoms with van der Waals surface area (Å²) in [5, 5.41) is 0. The SMILES string of the molecule is COC(C)(C)CCOCC(Br)C(F)(F)F. The predicted molar refractivity (Wildman–Crippen MR) is 55.3 cm³/mol. The minimum atomic E-state index is -4.25. The molecule has 0 amide bonds. The van der Waals surface area contributed by atoms with E-state index in [4.69, 9.17) is 9.47 Å². The summed E-state index contributed by atoms with van der Waals surface area (Å²) in [6.07, 6.45) is -3.70. The lowest BCUT2D eigenvalue weighted by Gasteiger charge is -2.23. The highest BCUT2D eigenvalue weighted by Crippen LogP contribution is 2.26. The second kappa shape index (κ2) is 6.06. The molecule has 1 atom stereocenters. The van der Waals surface area contributed by atoms with Gasteiger partial charge >= 0.3 is 6.18 Å². The number of hydrogen-bond donors (Lipinski definition) is 0. The van der Waals surface area contributed by atoms with Crippen molar-refractivity contribution in [2.45, 2.75) is 36.9 Å². The minimum Gasteiger partial charge on any atom is -0.380 e. The first-order chi connectivity index (χ1) is 6.69. The first-order valence-electron chi connectivity index (χ1n) is 4.53. The van der Waals surface area contributed by atoms with Crippen molar-refractivity contribution in [2.24, 2.45) is 0 Å². The van der Waals surface area contributed by atoms with E-state index in [0.717, 1.165) is 0 Å². The summed E-state index contributed by atoms with van der Waals surface area (Å²) in [4.78, 5) is -1.60. The van der Waals surface area contributed by atoms with Crippen LogP contribution in [0.15, 0.2) is 0 Å². The second-order valence-electron chi connectivity index (χ2n) is 3.80. The van der Waals surface area contributed by atoms with E-state index in [9.17, 15) is 13.2 Å². The Hall–Kier alpha value is 0.190. The van der Waals surface area contributed by atoms with E-state index >= 15 is 0 Å². The molecule has 15 heavy (non-hydrogen) atoms. The zero-order valence-electron chi connectivity index (χ0n) is 9.03. The summed E-state index contributed by atoms with van der Waals surface area (Å²) in [5.41, 5.74) is -0.361. The molecular formula is C9H16BrF3O2. The lowest BCUT2D eigenvalue weighted by Crippen LogP contribution is -2.29. The molecule has 0 heterocycles. The van der Waals surface area contributed by atoms with Crippen LogP contribution in [0.5, 0.6) is 0 Å². The highest BCUT2D eigenvalue weighted by atomic mass is 79.9. The molecule has 0 aromatic rings. The van der Waals surface area contributed by atoms with Gasteiger partial charge in [0.25, 0.3) is 0 Å². The largest absolute Gasteiger partial charge is 0.403 e. The Morgan fingerprint density at radius 2 is 1.80 bits per heavy atom. The van der Waals surface area contributed by atoms with Gasteiger partial charge in [-0.1, -0.05) is 15.9 Å². The number of halogens is 4. The van der Waals surface area contributed by atoms with Gasteiger partial charge in [-0.05, 0) is 20.3 Å². The van der Waals surface area contributed by atoms with Crippen LogP contribution in [0.3, 0.4) is 0 Å². The van der Waals surface area contributed by atoms with Crippen LogP contribution < -0.4 is 0 Å². The standard InChI is InChI=1S/C9H16BrF3O2/c1-8(2,14-3)4-5-15-6-7(10)9(11,12)13/h7H,4-6H2,1-3H3. The average Bonchev–Trinajstić information content (AvgIpc) is 2.10. The van der Waals surface area contributed by atoms with Crippen LogP contribution >= 0.6 is 15.9 Å². The van der Waals surface area contributed by atoms with Gasteiger partial charge in [0.05, 0.1) is 12.2 Å².